The molecule has 0 radical (unpaired) electrons. The first kappa shape index (κ1) is 51.2. The van der Waals surface area contributed by atoms with Crippen LogP contribution in [0.2, 0.25) is 0 Å². The summed E-state index contributed by atoms with van der Waals surface area (Å²) in [5.74, 6) is -0.894. The van der Waals surface area contributed by atoms with E-state index in [0.717, 1.165) is 38.5 Å². The summed E-state index contributed by atoms with van der Waals surface area (Å²) in [7, 11) is 1.14. The number of nitrogens with zero attached hydrogens (tertiary/aromatic N) is 1. The molecular weight excluding hydrogens is 689 g/mol. The van der Waals surface area contributed by atoms with E-state index in [2.05, 4.69) is 44.2 Å². The molecule has 0 bridgehead atoms. The van der Waals surface area contributed by atoms with Gasteiger partial charge in [-0.1, -0.05) is 153 Å². The Hall–Kier alpha value is -1.77. The predicted molar refractivity (Wildman–Crippen MR) is 217 cm³/mol. The lowest BCUT2D eigenvalue weighted by molar-refractivity contribution is -0.870. The van der Waals surface area contributed by atoms with Crippen LogP contribution in [0.25, 0.3) is 0 Å². The van der Waals surface area contributed by atoms with Gasteiger partial charge in [-0.05, 0) is 44.9 Å². The summed E-state index contributed by atoms with van der Waals surface area (Å²) < 4.78 is 33.8. The van der Waals surface area contributed by atoms with Crippen LogP contribution >= 0.6 is 7.82 Å². The van der Waals surface area contributed by atoms with E-state index < -0.39 is 32.5 Å². The third-order valence-electron chi connectivity index (χ3n) is 8.91. The number of phosphoric acid groups is 1. The lowest BCUT2D eigenvalue weighted by atomic mass is 10.0. The third-order valence-corrected chi connectivity index (χ3v) is 9.88. The Morgan fingerprint density at radius 2 is 1.04 bits per heavy atom. The summed E-state index contributed by atoms with van der Waals surface area (Å²) in [5.41, 5.74) is 0. The van der Waals surface area contributed by atoms with Gasteiger partial charge >= 0.3 is 11.9 Å². The first-order valence-electron chi connectivity index (χ1n) is 21.2. The maximum Gasteiger partial charge on any atom is 0.306 e. The Morgan fingerprint density at radius 3 is 1.57 bits per heavy atom. The van der Waals surface area contributed by atoms with Crippen LogP contribution in [0, 0.1) is 0 Å². The van der Waals surface area contributed by atoms with Gasteiger partial charge in [-0.25, -0.2) is 0 Å². The summed E-state index contributed by atoms with van der Waals surface area (Å²) in [5, 5.41) is 0. The van der Waals surface area contributed by atoms with Crippen molar-refractivity contribution in [2.75, 3.05) is 47.5 Å². The molecule has 0 heterocycles. The van der Waals surface area contributed by atoms with Crippen molar-refractivity contribution >= 4 is 19.8 Å². The molecule has 0 fully saturated rings. The highest BCUT2D eigenvalue weighted by Crippen LogP contribution is 2.38. The molecule has 0 aromatic carbocycles. The molecule has 0 saturated heterocycles. The molecule has 0 N–H and O–H groups in total. The van der Waals surface area contributed by atoms with Crippen LogP contribution in [0.5, 0.6) is 0 Å². The minimum Gasteiger partial charge on any atom is -0.756 e. The molecule has 10 heteroatoms. The number of quaternary nitrogens is 1. The molecule has 0 aliphatic heterocycles. The third kappa shape index (κ3) is 39.7. The number of carbonyl (C=O) groups excluding carboxylic acids is 2. The van der Waals surface area contributed by atoms with Crippen molar-refractivity contribution in [1.82, 2.24) is 0 Å². The highest BCUT2D eigenvalue weighted by atomic mass is 31.2. The van der Waals surface area contributed by atoms with Crippen molar-refractivity contribution in [3.05, 3.63) is 36.5 Å². The van der Waals surface area contributed by atoms with Gasteiger partial charge in [0.2, 0.25) is 0 Å². The van der Waals surface area contributed by atoms with Gasteiger partial charge in [-0.2, -0.15) is 0 Å². The molecule has 53 heavy (non-hydrogen) atoms. The Kier molecular flexibility index (Phi) is 34.7. The normalized spacial score (nSPS) is 14.0. The number of allylic oxidation sites excluding steroid dienone is 6. The van der Waals surface area contributed by atoms with Crippen LogP contribution in [-0.4, -0.2) is 70.0 Å². The minimum atomic E-state index is -4.63. The average Bonchev–Trinajstić information content (AvgIpc) is 3.10. The first-order valence-corrected chi connectivity index (χ1v) is 22.7. The highest BCUT2D eigenvalue weighted by molar-refractivity contribution is 7.45. The molecule has 0 saturated carbocycles. The van der Waals surface area contributed by atoms with Gasteiger partial charge in [-0.3, -0.25) is 14.2 Å². The van der Waals surface area contributed by atoms with E-state index in [1.54, 1.807) is 0 Å². The van der Waals surface area contributed by atoms with E-state index in [-0.39, 0.29) is 26.1 Å². The van der Waals surface area contributed by atoms with Gasteiger partial charge in [0, 0.05) is 12.8 Å². The second-order valence-electron chi connectivity index (χ2n) is 15.4. The molecule has 0 aliphatic carbocycles. The second-order valence-corrected chi connectivity index (χ2v) is 16.8. The van der Waals surface area contributed by atoms with Gasteiger partial charge in [0.15, 0.2) is 6.10 Å². The van der Waals surface area contributed by atoms with Gasteiger partial charge in [0.05, 0.1) is 27.7 Å². The summed E-state index contributed by atoms with van der Waals surface area (Å²) in [6.45, 7) is 4.15. The maximum atomic E-state index is 12.6. The Labute approximate surface area is 325 Å². The molecule has 9 nitrogen and oxygen atoms in total. The standard InChI is InChI=1S/C43H80NO8P/c1-6-8-10-12-14-16-18-20-21-22-23-24-26-28-30-32-34-36-43(46)52-41(40-51-53(47,48)50-38-37-44(3,4)5)39-49-42(45)35-33-31-29-27-25-19-17-15-13-11-9-7-2/h20-21,23-24,28,30,41H,6-19,22,25-27,29,31-40H2,1-5H3/b21-20-,24-23-,30-28-/t41-/m1/s1. The lowest BCUT2D eigenvalue weighted by Crippen LogP contribution is -2.37. The molecule has 310 valence electrons. The summed E-state index contributed by atoms with van der Waals surface area (Å²) in [6, 6.07) is 0. The molecular formula is C43H80NO8P. The fraction of sp³-hybridized carbons (Fsp3) is 0.814. The minimum absolute atomic E-state index is 0.0393. The fourth-order valence-electron chi connectivity index (χ4n) is 5.55. The van der Waals surface area contributed by atoms with Crippen LogP contribution in [0.3, 0.4) is 0 Å². The van der Waals surface area contributed by atoms with Crippen molar-refractivity contribution in [2.45, 2.75) is 180 Å². The average molecular weight is 770 g/mol. The number of unbranched alkanes of at least 4 members (excludes halogenated alkanes) is 18. The van der Waals surface area contributed by atoms with E-state index >= 15 is 0 Å². The molecule has 0 aromatic heterocycles. The Bertz CT molecular complexity index is 1010. The lowest BCUT2D eigenvalue weighted by Gasteiger charge is -2.28. The SMILES string of the molecule is CCCCCCCC/C=C\C/C=C\C/C=C\CCCC(=O)O[C@H](COC(=O)CCCCCCCCCCCCCC)COP(=O)([O-])OCC[N+](C)(C)C. The highest BCUT2D eigenvalue weighted by Gasteiger charge is 2.21. The van der Waals surface area contributed by atoms with Gasteiger partial charge in [0.1, 0.15) is 19.8 Å². The maximum absolute atomic E-state index is 12.6. The van der Waals surface area contributed by atoms with Gasteiger partial charge < -0.3 is 27.9 Å². The van der Waals surface area contributed by atoms with Gasteiger partial charge in [-0.15, -0.1) is 0 Å². The van der Waals surface area contributed by atoms with E-state index in [0.29, 0.717) is 23.9 Å². The molecule has 2 atom stereocenters. The number of carbonyl (C=O) groups is 2. The zero-order chi connectivity index (χ0) is 39.3. The number of esters is 2. The largest absolute Gasteiger partial charge is 0.756 e. The molecule has 0 rings (SSSR count). The monoisotopic (exact) mass is 770 g/mol. The van der Waals surface area contributed by atoms with Crippen LogP contribution in [0.15, 0.2) is 36.5 Å². The van der Waals surface area contributed by atoms with Crippen LogP contribution in [-0.2, 0) is 32.7 Å². The number of hydrogen-bond donors (Lipinski definition) is 0. The summed E-state index contributed by atoms with van der Waals surface area (Å²) >= 11 is 0. The van der Waals surface area contributed by atoms with Crippen molar-refractivity contribution in [1.29, 1.82) is 0 Å². The van der Waals surface area contributed by atoms with Crippen LogP contribution in [0.4, 0.5) is 0 Å². The van der Waals surface area contributed by atoms with Crippen molar-refractivity contribution in [2.24, 2.45) is 0 Å². The number of phosphoric ester groups is 1. The zero-order valence-electron chi connectivity index (χ0n) is 34.7. The molecule has 0 aliphatic rings. The topological polar surface area (TPSA) is 111 Å². The predicted octanol–water partition coefficient (Wildman–Crippen LogP) is 11.1. The fourth-order valence-corrected chi connectivity index (χ4v) is 6.28. The van der Waals surface area contributed by atoms with Crippen molar-refractivity contribution in [3.8, 4) is 0 Å². The number of likely N-dealkylation sites (N-methyl/N-ethyl adjacent to an activating group) is 1. The van der Waals surface area contributed by atoms with Gasteiger partial charge in [0.25, 0.3) is 7.82 Å². The molecule has 1 unspecified atom stereocenters. The first-order chi connectivity index (χ1) is 25.5. The quantitative estimate of drug-likeness (QED) is 0.0201. The zero-order valence-corrected chi connectivity index (χ0v) is 35.6. The van der Waals surface area contributed by atoms with E-state index in [1.165, 1.54) is 96.3 Å². The van der Waals surface area contributed by atoms with Crippen LogP contribution in [0.1, 0.15) is 174 Å². The smallest absolute Gasteiger partial charge is 0.306 e. The Balaban J connectivity index is 4.47. The summed E-state index contributed by atoms with van der Waals surface area (Å²) in [4.78, 5) is 37.4. The van der Waals surface area contributed by atoms with Crippen LogP contribution < -0.4 is 4.89 Å². The number of rotatable bonds is 38. The number of ether oxygens (including phenoxy) is 2. The second kappa shape index (κ2) is 35.9. The van der Waals surface area contributed by atoms with E-state index in [4.69, 9.17) is 18.5 Å². The number of hydrogen-bond acceptors (Lipinski definition) is 8. The molecule has 0 aromatic rings. The van der Waals surface area contributed by atoms with Crippen molar-refractivity contribution < 1.29 is 42.1 Å². The van der Waals surface area contributed by atoms with Crippen molar-refractivity contribution in [3.63, 3.8) is 0 Å². The molecule has 0 amide bonds. The summed E-state index contributed by atoms with van der Waals surface area (Å²) in [6.07, 6.45) is 38.9. The van der Waals surface area contributed by atoms with E-state index in [9.17, 15) is 19.0 Å². The Morgan fingerprint density at radius 1 is 0.585 bits per heavy atom. The molecule has 0 spiro atoms. The van der Waals surface area contributed by atoms with E-state index in [1.807, 2.05) is 27.2 Å².